The summed E-state index contributed by atoms with van der Waals surface area (Å²) in [6.45, 7) is 4.34. The quantitative estimate of drug-likeness (QED) is 0.730. The fourth-order valence-electron chi connectivity index (χ4n) is 4.03. The van der Waals surface area contributed by atoms with E-state index in [1.54, 1.807) is 7.11 Å². The zero-order valence-electron chi connectivity index (χ0n) is 16.6. The van der Waals surface area contributed by atoms with E-state index in [4.69, 9.17) is 14.5 Å². The minimum Gasteiger partial charge on any atom is -0.497 e. The van der Waals surface area contributed by atoms with Crippen LogP contribution in [0.25, 0.3) is 5.69 Å². The molecule has 0 amide bonds. The maximum absolute atomic E-state index is 5.56. The van der Waals surface area contributed by atoms with E-state index in [0.717, 1.165) is 66.9 Å². The van der Waals surface area contributed by atoms with Gasteiger partial charge in [-0.05, 0) is 43.5 Å². The first kappa shape index (κ1) is 17.9. The van der Waals surface area contributed by atoms with Crippen LogP contribution in [0, 0.1) is 6.92 Å². The topological polar surface area (TPSA) is 77.3 Å². The number of hydrogen-bond acceptors (Lipinski definition) is 7. The van der Waals surface area contributed by atoms with E-state index in [0.29, 0.717) is 12.0 Å². The maximum atomic E-state index is 5.56. The molecule has 150 valence electrons. The summed E-state index contributed by atoms with van der Waals surface area (Å²) >= 11 is 0. The third-order valence-electron chi connectivity index (χ3n) is 5.62. The van der Waals surface area contributed by atoms with Gasteiger partial charge in [-0.15, -0.1) is 0 Å². The predicted octanol–water partition coefficient (Wildman–Crippen LogP) is 3.22. The van der Waals surface area contributed by atoms with Gasteiger partial charge in [-0.25, -0.2) is 9.97 Å². The Kier molecular flexibility index (Phi) is 4.55. The minimum absolute atomic E-state index is 0.387. The van der Waals surface area contributed by atoms with Gasteiger partial charge in [-0.2, -0.15) is 4.98 Å². The monoisotopic (exact) mass is 392 g/mol. The van der Waals surface area contributed by atoms with Gasteiger partial charge in [0.2, 0.25) is 5.95 Å². The molecule has 0 spiro atoms. The van der Waals surface area contributed by atoms with Crippen LogP contribution in [-0.2, 0) is 11.3 Å². The largest absolute Gasteiger partial charge is 0.497 e. The second-order valence-corrected chi connectivity index (χ2v) is 7.39. The molecular formula is C21H24N6O2. The lowest BCUT2D eigenvalue weighted by atomic mass is 10.1. The van der Waals surface area contributed by atoms with Crippen LogP contribution in [0.2, 0.25) is 0 Å². The van der Waals surface area contributed by atoms with Crippen molar-refractivity contribution in [2.24, 2.45) is 0 Å². The molecule has 0 bridgehead atoms. The Hall–Kier alpha value is -3.13. The van der Waals surface area contributed by atoms with Gasteiger partial charge < -0.3 is 19.7 Å². The van der Waals surface area contributed by atoms with Gasteiger partial charge in [0, 0.05) is 37.3 Å². The molecule has 3 aromatic rings. The van der Waals surface area contributed by atoms with Crippen molar-refractivity contribution in [2.45, 2.75) is 32.4 Å². The summed E-state index contributed by atoms with van der Waals surface area (Å²) in [6.07, 6.45) is 7.66. The Labute approximate surface area is 169 Å². The van der Waals surface area contributed by atoms with Crippen molar-refractivity contribution in [3.63, 3.8) is 0 Å². The molecule has 0 unspecified atom stereocenters. The van der Waals surface area contributed by atoms with E-state index < -0.39 is 0 Å². The number of anilines is 3. The van der Waals surface area contributed by atoms with Crippen molar-refractivity contribution in [1.29, 1.82) is 0 Å². The van der Waals surface area contributed by atoms with Crippen LogP contribution >= 0.6 is 0 Å². The number of benzene rings is 1. The predicted molar refractivity (Wildman–Crippen MR) is 110 cm³/mol. The molecule has 1 saturated heterocycles. The highest BCUT2D eigenvalue weighted by Crippen LogP contribution is 2.34. The molecule has 0 radical (unpaired) electrons. The zero-order chi connectivity index (χ0) is 19.8. The van der Waals surface area contributed by atoms with Gasteiger partial charge in [0.25, 0.3) is 0 Å². The highest BCUT2D eigenvalue weighted by atomic mass is 16.5. The van der Waals surface area contributed by atoms with Crippen molar-refractivity contribution >= 4 is 17.5 Å². The number of methoxy groups -OCH3 is 1. The number of fused-ring (bicyclic) bond motifs is 3. The maximum Gasteiger partial charge on any atom is 0.229 e. The summed E-state index contributed by atoms with van der Waals surface area (Å²) in [5.74, 6) is 3.36. The van der Waals surface area contributed by atoms with Gasteiger partial charge >= 0.3 is 0 Å². The third-order valence-corrected chi connectivity index (χ3v) is 5.62. The van der Waals surface area contributed by atoms with Crippen LogP contribution in [0.4, 0.5) is 17.5 Å². The van der Waals surface area contributed by atoms with Crippen molar-refractivity contribution in [3.05, 3.63) is 48.2 Å². The number of rotatable bonds is 4. The summed E-state index contributed by atoms with van der Waals surface area (Å²) in [6, 6.07) is 6.30. The summed E-state index contributed by atoms with van der Waals surface area (Å²) in [7, 11) is 1.67. The van der Waals surface area contributed by atoms with Crippen LogP contribution in [0.15, 0.2) is 36.8 Å². The second-order valence-electron chi connectivity index (χ2n) is 7.39. The lowest BCUT2D eigenvalue weighted by molar-refractivity contribution is 0.0836. The van der Waals surface area contributed by atoms with Gasteiger partial charge in [-0.1, -0.05) is 0 Å². The standard InChI is InChI=1S/C21H24N6O2/c1-14-11-16(28-2)3-4-17(14)24-21-23-12-18-20(25-21)27(15-5-9-29-10-6-15)13-19-22-7-8-26(18)19/h3-4,7-8,11-12,15H,5-6,9-10,13H2,1-2H3,(H,23,24,25). The van der Waals surface area contributed by atoms with Gasteiger partial charge in [-0.3, -0.25) is 4.57 Å². The van der Waals surface area contributed by atoms with E-state index in [1.165, 1.54) is 0 Å². The Bertz CT molecular complexity index is 1030. The number of aryl methyl sites for hydroxylation is 1. The van der Waals surface area contributed by atoms with E-state index >= 15 is 0 Å². The molecule has 0 atom stereocenters. The minimum atomic E-state index is 0.387. The molecule has 29 heavy (non-hydrogen) atoms. The fourth-order valence-corrected chi connectivity index (χ4v) is 4.03. The molecule has 2 aromatic heterocycles. The fraction of sp³-hybridized carbons (Fsp3) is 0.381. The molecule has 5 rings (SSSR count). The lowest BCUT2D eigenvalue weighted by Gasteiger charge is -2.38. The number of aromatic nitrogens is 4. The summed E-state index contributed by atoms with van der Waals surface area (Å²) in [5.41, 5.74) is 3.00. The molecule has 4 heterocycles. The molecule has 1 aromatic carbocycles. The molecular weight excluding hydrogens is 368 g/mol. The van der Waals surface area contributed by atoms with E-state index in [2.05, 4.69) is 24.8 Å². The van der Waals surface area contributed by atoms with Crippen molar-refractivity contribution in [2.75, 3.05) is 30.5 Å². The van der Waals surface area contributed by atoms with Crippen molar-refractivity contribution in [1.82, 2.24) is 19.5 Å². The lowest BCUT2D eigenvalue weighted by Crippen LogP contribution is -2.42. The Morgan fingerprint density at radius 1 is 1.21 bits per heavy atom. The molecule has 8 nitrogen and oxygen atoms in total. The number of ether oxygens (including phenoxy) is 2. The zero-order valence-corrected chi connectivity index (χ0v) is 16.6. The first-order valence-electron chi connectivity index (χ1n) is 9.88. The van der Waals surface area contributed by atoms with Crippen molar-refractivity contribution < 1.29 is 9.47 Å². The normalized spacial score (nSPS) is 16.3. The summed E-state index contributed by atoms with van der Waals surface area (Å²) in [4.78, 5) is 16.4. The Morgan fingerprint density at radius 3 is 2.86 bits per heavy atom. The van der Waals surface area contributed by atoms with Crippen LogP contribution in [0.5, 0.6) is 5.75 Å². The molecule has 2 aliphatic heterocycles. The number of imidazole rings is 1. The molecule has 2 aliphatic rings. The summed E-state index contributed by atoms with van der Waals surface area (Å²) in [5, 5.41) is 3.36. The van der Waals surface area contributed by atoms with Gasteiger partial charge in [0.05, 0.1) is 19.9 Å². The third kappa shape index (κ3) is 3.29. The van der Waals surface area contributed by atoms with Gasteiger partial charge in [0.1, 0.15) is 17.3 Å². The Balaban J connectivity index is 1.51. The molecule has 0 saturated carbocycles. The van der Waals surface area contributed by atoms with Crippen LogP contribution in [0.1, 0.15) is 24.2 Å². The van der Waals surface area contributed by atoms with Crippen LogP contribution in [0.3, 0.4) is 0 Å². The second kappa shape index (κ2) is 7.36. The van der Waals surface area contributed by atoms with E-state index in [9.17, 15) is 0 Å². The highest BCUT2D eigenvalue weighted by Gasteiger charge is 2.31. The molecule has 0 aliphatic carbocycles. The number of nitrogens with one attached hydrogen (secondary N) is 1. The first-order valence-corrected chi connectivity index (χ1v) is 9.88. The average molecular weight is 392 g/mol. The molecule has 1 N–H and O–H groups in total. The highest BCUT2D eigenvalue weighted by molar-refractivity contribution is 5.66. The number of hydrogen-bond donors (Lipinski definition) is 1. The first-order chi connectivity index (χ1) is 14.2. The van der Waals surface area contributed by atoms with E-state index in [1.807, 2.05) is 43.7 Å². The van der Waals surface area contributed by atoms with E-state index in [-0.39, 0.29) is 0 Å². The molecule has 1 fully saturated rings. The number of nitrogens with zero attached hydrogens (tertiary/aromatic N) is 5. The average Bonchev–Trinajstić information content (AvgIpc) is 3.24. The molecule has 8 heteroatoms. The Morgan fingerprint density at radius 2 is 2.07 bits per heavy atom. The van der Waals surface area contributed by atoms with Crippen LogP contribution in [-0.4, -0.2) is 45.9 Å². The summed E-state index contributed by atoms with van der Waals surface area (Å²) < 4.78 is 12.9. The van der Waals surface area contributed by atoms with Crippen LogP contribution < -0.4 is 15.0 Å². The van der Waals surface area contributed by atoms with Gasteiger partial charge in [0.15, 0.2) is 5.82 Å². The van der Waals surface area contributed by atoms with Crippen molar-refractivity contribution in [3.8, 4) is 11.4 Å². The SMILES string of the molecule is COc1ccc(Nc2ncc3c(n2)N(C2CCOCC2)Cc2nccn2-3)c(C)c1. The smallest absolute Gasteiger partial charge is 0.229 e.